The molecule has 4 nitrogen and oxygen atoms in total. The Labute approximate surface area is 151 Å². The van der Waals surface area contributed by atoms with Gasteiger partial charge >= 0.3 is 6.18 Å². The summed E-state index contributed by atoms with van der Waals surface area (Å²) < 4.78 is 47.6. The van der Waals surface area contributed by atoms with E-state index in [4.69, 9.17) is 9.47 Å². The Balaban J connectivity index is 2.23. The van der Waals surface area contributed by atoms with Crippen LogP contribution in [0.2, 0.25) is 0 Å². The van der Waals surface area contributed by atoms with Gasteiger partial charge in [-0.15, -0.1) is 0 Å². The van der Waals surface area contributed by atoms with Gasteiger partial charge in [-0.2, -0.15) is 13.2 Å². The third-order valence-corrected chi connectivity index (χ3v) is 4.60. The van der Waals surface area contributed by atoms with Crippen molar-refractivity contribution in [2.24, 2.45) is 0 Å². The lowest BCUT2D eigenvalue weighted by atomic mass is 9.96. The molecule has 1 unspecified atom stereocenters. The number of ether oxygens (including phenoxy) is 2. The maximum atomic E-state index is 12.7. The SMILES string of the molecule is CCC1=C(OCC(F)(F)F)C(=O)C(Cc2ccc(OC)cc2CC)N1C. The zero-order valence-electron chi connectivity index (χ0n) is 15.4. The molecule has 0 saturated heterocycles. The van der Waals surface area contributed by atoms with Crippen molar-refractivity contribution in [2.45, 2.75) is 45.3 Å². The third kappa shape index (κ3) is 4.31. The molecule has 1 aromatic rings. The van der Waals surface area contributed by atoms with Crippen LogP contribution < -0.4 is 4.74 Å². The Hall–Kier alpha value is -2.18. The number of allylic oxidation sites excluding steroid dienone is 1. The van der Waals surface area contributed by atoms with Crippen molar-refractivity contribution in [1.82, 2.24) is 4.90 Å². The van der Waals surface area contributed by atoms with Crippen LogP contribution in [0.25, 0.3) is 0 Å². The topological polar surface area (TPSA) is 38.8 Å². The van der Waals surface area contributed by atoms with Gasteiger partial charge in [-0.05, 0) is 36.1 Å². The van der Waals surface area contributed by atoms with E-state index in [2.05, 4.69) is 0 Å². The van der Waals surface area contributed by atoms with E-state index in [-0.39, 0.29) is 5.76 Å². The lowest BCUT2D eigenvalue weighted by Gasteiger charge is -2.24. The van der Waals surface area contributed by atoms with Crippen LogP contribution in [0.1, 0.15) is 31.4 Å². The summed E-state index contributed by atoms with van der Waals surface area (Å²) in [5.74, 6) is 0.175. The van der Waals surface area contributed by atoms with Crippen molar-refractivity contribution < 1.29 is 27.4 Å². The fraction of sp³-hybridized carbons (Fsp3) is 0.526. The largest absolute Gasteiger partial charge is 0.497 e. The molecule has 0 saturated carbocycles. The Morgan fingerprint density at radius 2 is 1.85 bits per heavy atom. The molecule has 1 aromatic carbocycles. The zero-order chi connectivity index (χ0) is 19.5. The second kappa shape index (κ2) is 8.01. The predicted molar refractivity (Wildman–Crippen MR) is 92.0 cm³/mol. The first-order chi connectivity index (χ1) is 12.2. The number of benzene rings is 1. The molecule has 0 fully saturated rings. The van der Waals surface area contributed by atoms with Crippen LogP contribution in [0.4, 0.5) is 13.2 Å². The second-order valence-corrected chi connectivity index (χ2v) is 6.22. The fourth-order valence-corrected chi connectivity index (χ4v) is 3.23. The summed E-state index contributed by atoms with van der Waals surface area (Å²) in [6.45, 7) is 2.34. The van der Waals surface area contributed by atoms with Crippen molar-refractivity contribution in [3.63, 3.8) is 0 Å². The highest BCUT2D eigenvalue weighted by Gasteiger charge is 2.40. The molecule has 0 amide bonds. The van der Waals surface area contributed by atoms with Crippen molar-refractivity contribution in [3.8, 4) is 5.75 Å². The van der Waals surface area contributed by atoms with Crippen LogP contribution in [-0.2, 0) is 22.4 Å². The number of nitrogens with zero attached hydrogens (tertiary/aromatic N) is 1. The van der Waals surface area contributed by atoms with Gasteiger partial charge in [-0.3, -0.25) is 4.79 Å². The van der Waals surface area contributed by atoms with Gasteiger partial charge in [0.15, 0.2) is 12.4 Å². The van der Waals surface area contributed by atoms with E-state index in [0.717, 1.165) is 23.3 Å². The number of ketones is 1. The molecule has 144 valence electrons. The minimum Gasteiger partial charge on any atom is -0.497 e. The molecule has 0 N–H and O–H groups in total. The highest BCUT2D eigenvalue weighted by molar-refractivity contribution is 6.01. The number of likely N-dealkylation sites (N-methyl/N-ethyl adjacent to an activating group) is 1. The minimum absolute atomic E-state index is 0.163. The Bertz CT molecular complexity index is 698. The number of alkyl halides is 3. The number of hydrogen-bond acceptors (Lipinski definition) is 4. The van der Waals surface area contributed by atoms with Crippen molar-refractivity contribution in [2.75, 3.05) is 20.8 Å². The van der Waals surface area contributed by atoms with Gasteiger partial charge in [-0.1, -0.05) is 19.9 Å². The highest BCUT2D eigenvalue weighted by Crippen LogP contribution is 2.32. The lowest BCUT2D eigenvalue weighted by molar-refractivity contribution is -0.166. The molecule has 1 aliphatic heterocycles. The molecular weight excluding hydrogens is 347 g/mol. The summed E-state index contributed by atoms with van der Waals surface area (Å²) in [5, 5.41) is 0. The molecule has 0 bridgehead atoms. The van der Waals surface area contributed by atoms with Gasteiger partial charge in [0.1, 0.15) is 5.75 Å². The van der Waals surface area contributed by atoms with Gasteiger partial charge in [0, 0.05) is 13.5 Å². The number of carbonyl (C=O) groups is 1. The van der Waals surface area contributed by atoms with E-state index >= 15 is 0 Å². The number of Topliss-reactive ketones (excluding diaryl/α,β-unsaturated/α-hetero) is 1. The molecule has 0 aliphatic carbocycles. The number of rotatable bonds is 7. The standard InChI is InChI=1S/C19H24F3NO3/c1-5-12-9-14(25-4)8-7-13(12)10-16-17(24)18(15(6-2)23(16)3)26-11-19(20,21)22/h7-9,16H,5-6,10-11H2,1-4H3. The van der Waals surface area contributed by atoms with Crippen LogP contribution in [-0.4, -0.2) is 43.7 Å². The molecule has 7 heteroatoms. The quantitative estimate of drug-likeness (QED) is 0.729. The normalized spacial score (nSPS) is 17.9. The van der Waals surface area contributed by atoms with Crippen molar-refractivity contribution in [1.29, 1.82) is 0 Å². The Kier molecular flexibility index (Phi) is 6.21. The summed E-state index contributed by atoms with van der Waals surface area (Å²) in [4.78, 5) is 14.4. The van der Waals surface area contributed by atoms with Gasteiger partial charge in [0.2, 0.25) is 5.78 Å². The summed E-state index contributed by atoms with van der Waals surface area (Å²) in [7, 11) is 3.31. The van der Waals surface area contributed by atoms with E-state index in [1.54, 1.807) is 26.0 Å². The molecule has 0 spiro atoms. The van der Waals surface area contributed by atoms with Crippen LogP contribution in [0.3, 0.4) is 0 Å². The van der Waals surface area contributed by atoms with E-state index in [1.807, 2.05) is 25.1 Å². The number of carbonyl (C=O) groups excluding carboxylic acids is 1. The Morgan fingerprint density at radius 3 is 2.38 bits per heavy atom. The zero-order valence-corrected chi connectivity index (χ0v) is 15.4. The second-order valence-electron chi connectivity index (χ2n) is 6.22. The number of aryl methyl sites for hydroxylation is 1. The minimum atomic E-state index is -4.48. The molecular formula is C19H24F3NO3. The van der Waals surface area contributed by atoms with E-state index in [0.29, 0.717) is 18.5 Å². The summed E-state index contributed by atoms with van der Waals surface area (Å²) >= 11 is 0. The van der Waals surface area contributed by atoms with Crippen LogP contribution in [0.5, 0.6) is 5.75 Å². The first-order valence-corrected chi connectivity index (χ1v) is 8.57. The van der Waals surface area contributed by atoms with Crippen LogP contribution in [0.15, 0.2) is 29.7 Å². The highest BCUT2D eigenvalue weighted by atomic mass is 19.4. The number of methoxy groups -OCH3 is 1. The van der Waals surface area contributed by atoms with E-state index in [9.17, 15) is 18.0 Å². The Morgan fingerprint density at radius 1 is 1.15 bits per heavy atom. The smallest absolute Gasteiger partial charge is 0.422 e. The third-order valence-electron chi connectivity index (χ3n) is 4.60. The van der Waals surface area contributed by atoms with Crippen LogP contribution in [0, 0.1) is 0 Å². The fourth-order valence-electron chi connectivity index (χ4n) is 3.23. The number of hydrogen-bond donors (Lipinski definition) is 0. The summed E-state index contributed by atoms with van der Waals surface area (Å²) in [5.41, 5.74) is 2.54. The predicted octanol–water partition coefficient (Wildman–Crippen LogP) is 3.88. The van der Waals surface area contributed by atoms with Crippen LogP contribution >= 0.6 is 0 Å². The molecule has 1 atom stereocenters. The monoisotopic (exact) mass is 371 g/mol. The average molecular weight is 371 g/mol. The molecule has 0 aromatic heterocycles. The average Bonchev–Trinajstić information content (AvgIpc) is 2.83. The van der Waals surface area contributed by atoms with Crippen molar-refractivity contribution in [3.05, 3.63) is 40.8 Å². The molecule has 26 heavy (non-hydrogen) atoms. The first kappa shape index (κ1) is 20.1. The van der Waals surface area contributed by atoms with E-state index in [1.165, 1.54) is 0 Å². The lowest BCUT2D eigenvalue weighted by Crippen LogP contribution is -2.34. The summed E-state index contributed by atoms with van der Waals surface area (Å²) in [6, 6.07) is 5.08. The summed E-state index contributed by atoms with van der Waals surface area (Å²) in [6.07, 6.45) is -2.88. The molecule has 0 radical (unpaired) electrons. The van der Waals surface area contributed by atoms with E-state index < -0.39 is 24.6 Å². The molecule has 1 heterocycles. The van der Waals surface area contributed by atoms with Crippen molar-refractivity contribution >= 4 is 5.78 Å². The molecule has 1 aliphatic rings. The maximum absolute atomic E-state index is 12.7. The number of halogens is 3. The van der Waals surface area contributed by atoms with Gasteiger partial charge in [0.25, 0.3) is 0 Å². The van der Waals surface area contributed by atoms with Gasteiger partial charge < -0.3 is 14.4 Å². The molecule has 2 rings (SSSR count). The maximum Gasteiger partial charge on any atom is 0.422 e. The first-order valence-electron chi connectivity index (χ1n) is 8.57. The van der Waals surface area contributed by atoms with Gasteiger partial charge in [-0.25, -0.2) is 0 Å². The van der Waals surface area contributed by atoms with Gasteiger partial charge in [0.05, 0.1) is 18.8 Å².